The van der Waals surface area contributed by atoms with Crippen molar-refractivity contribution in [2.75, 3.05) is 10.6 Å². The van der Waals surface area contributed by atoms with E-state index in [-0.39, 0.29) is 40.0 Å². The van der Waals surface area contributed by atoms with Gasteiger partial charge in [-0.1, -0.05) is 117 Å². The Morgan fingerprint density at radius 2 is 0.770 bits per heavy atom. The highest BCUT2D eigenvalue weighted by molar-refractivity contribution is 6.07. The molecule has 0 aliphatic rings. The molecule has 0 atom stereocenters. The molecule has 8 nitrogen and oxygen atoms in total. The molecule has 0 aliphatic heterocycles. The van der Waals surface area contributed by atoms with Gasteiger partial charge in [0.1, 0.15) is 0 Å². The molecule has 8 heteroatoms. The van der Waals surface area contributed by atoms with Gasteiger partial charge in [-0.15, -0.1) is 0 Å². The van der Waals surface area contributed by atoms with Crippen molar-refractivity contribution in [3.8, 4) is 22.3 Å². The van der Waals surface area contributed by atoms with Gasteiger partial charge in [-0.25, -0.2) is 0 Å². The Kier molecular flexibility index (Phi) is 18.0. The summed E-state index contributed by atoms with van der Waals surface area (Å²) in [5.41, 5.74) is 13.6. The molecular weight excluding hydrogens is 913 g/mol. The van der Waals surface area contributed by atoms with Gasteiger partial charge in [-0.3, -0.25) is 19.2 Å². The zero-order valence-corrected chi connectivity index (χ0v) is 46.8. The van der Waals surface area contributed by atoms with E-state index >= 15 is 0 Å². The zero-order chi connectivity index (χ0) is 54.2. The topological polar surface area (TPSA) is 116 Å². The average molecular weight is 995 g/mol. The third-order valence-corrected chi connectivity index (χ3v) is 17.3. The number of rotatable bonds is 21. The largest absolute Gasteiger partial charge is 0.347 e. The van der Waals surface area contributed by atoms with Crippen LogP contribution < -0.4 is 21.3 Å². The predicted molar refractivity (Wildman–Crippen MR) is 309 cm³/mol. The minimum atomic E-state index is -0.571. The van der Waals surface area contributed by atoms with Crippen LogP contribution in [0.25, 0.3) is 22.3 Å². The summed E-state index contributed by atoms with van der Waals surface area (Å²) in [6.45, 7) is 30.2. The molecule has 6 aromatic rings. The van der Waals surface area contributed by atoms with Crippen molar-refractivity contribution in [3.05, 3.63) is 177 Å². The number of carbonyl (C=O) groups excluding carboxylic acids is 4. The van der Waals surface area contributed by atoms with Crippen molar-refractivity contribution in [3.63, 3.8) is 0 Å². The van der Waals surface area contributed by atoms with Crippen LogP contribution in [0.1, 0.15) is 195 Å². The van der Waals surface area contributed by atoms with Crippen LogP contribution in [0.4, 0.5) is 11.4 Å². The van der Waals surface area contributed by atoms with Crippen LogP contribution in [0.3, 0.4) is 0 Å². The van der Waals surface area contributed by atoms with Crippen molar-refractivity contribution in [2.24, 2.45) is 0 Å². The number of amides is 4. The summed E-state index contributed by atoms with van der Waals surface area (Å²) in [4.78, 5) is 54.5. The van der Waals surface area contributed by atoms with Gasteiger partial charge < -0.3 is 21.3 Å². The summed E-state index contributed by atoms with van der Waals surface area (Å²) < 4.78 is 0. The minimum Gasteiger partial charge on any atom is -0.347 e. The number of benzene rings is 6. The SMILES string of the molecule is CCC(C)(CC)NC(=O)c1cccc(C(=O)Nc2ccc(-c3ccc(C(CC)(CC)C(CC)(CC)NC(=O)c4ccc(C(=O)Nc5ccc(-c6ccc(C(C)(CC)CC)cc6C)c(C)c5)cc4)cc3C)c(C)c2)c1. The van der Waals surface area contributed by atoms with Crippen LogP contribution in [0.5, 0.6) is 0 Å². The molecule has 6 rings (SSSR count). The quantitative estimate of drug-likeness (QED) is 0.0575. The Morgan fingerprint density at radius 3 is 1.19 bits per heavy atom. The first-order chi connectivity index (χ1) is 35.2. The van der Waals surface area contributed by atoms with Crippen LogP contribution in [-0.4, -0.2) is 34.7 Å². The Bertz CT molecular complexity index is 2990. The highest BCUT2D eigenvalue weighted by Gasteiger charge is 2.49. The maximum atomic E-state index is 14.3. The molecule has 6 aromatic carbocycles. The lowest BCUT2D eigenvalue weighted by Gasteiger charge is -2.51. The first kappa shape index (κ1) is 56.5. The summed E-state index contributed by atoms with van der Waals surface area (Å²) in [6, 6.07) is 39.3. The lowest BCUT2D eigenvalue weighted by molar-refractivity contribution is 0.0766. The summed E-state index contributed by atoms with van der Waals surface area (Å²) >= 11 is 0. The molecule has 0 radical (unpaired) electrons. The molecule has 4 amide bonds. The Labute approximate surface area is 443 Å². The fourth-order valence-corrected chi connectivity index (χ4v) is 11.2. The van der Waals surface area contributed by atoms with Crippen molar-refractivity contribution < 1.29 is 19.2 Å². The number of hydrogen-bond donors (Lipinski definition) is 4. The molecule has 390 valence electrons. The van der Waals surface area contributed by atoms with E-state index in [0.29, 0.717) is 27.9 Å². The molecule has 74 heavy (non-hydrogen) atoms. The lowest BCUT2D eigenvalue weighted by atomic mass is 9.59. The van der Waals surface area contributed by atoms with E-state index < -0.39 is 5.54 Å². The molecule has 0 saturated heterocycles. The van der Waals surface area contributed by atoms with Crippen molar-refractivity contribution >= 4 is 35.0 Å². The maximum absolute atomic E-state index is 14.3. The summed E-state index contributed by atoms with van der Waals surface area (Å²) in [5.74, 6) is -0.888. The van der Waals surface area contributed by atoms with E-state index in [1.807, 2.05) is 44.2 Å². The van der Waals surface area contributed by atoms with Gasteiger partial charge in [0.15, 0.2) is 0 Å². The van der Waals surface area contributed by atoms with E-state index in [0.717, 1.165) is 90.4 Å². The number of hydrogen-bond acceptors (Lipinski definition) is 4. The van der Waals surface area contributed by atoms with Gasteiger partial charge in [0.2, 0.25) is 0 Å². The molecular formula is C66H82N4O4. The normalized spacial score (nSPS) is 12.0. The van der Waals surface area contributed by atoms with Gasteiger partial charge >= 0.3 is 0 Å². The van der Waals surface area contributed by atoms with Gasteiger partial charge in [0, 0.05) is 50.1 Å². The molecule has 0 saturated carbocycles. The number of anilines is 2. The summed E-state index contributed by atoms with van der Waals surface area (Å²) in [7, 11) is 0. The Morgan fingerprint density at radius 1 is 0.378 bits per heavy atom. The second-order valence-electron chi connectivity index (χ2n) is 21.2. The van der Waals surface area contributed by atoms with Crippen LogP contribution in [0.2, 0.25) is 0 Å². The number of nitrogens with one attached hydrogen (secondary N) is 4. The van der Waals surface area contributed by atoms with E-state index in [2.05, 4.69) is 147 Å². The fraction of sp³-hybridized carbons (Fsp3) is 0.394. The molecule has 0 bridgehead atoms. The molecule has 0 aliphatic carbocycles. The number of carbonyl (C=O) groups is 4. The smallest absolute Gasteiger partial charge is 0.255 e. The fourth-order valence-electron chi connectivity index (χ4n) is 11.2. The first-order valence-corrected chi connectivity index (χ1v) is 27.1. The third kappa shape index (κ3) is 11.6. The minimum absolute atomic E-state index is 0.156. The highest BCUT2D eigenvalue weighted by atomic mass is 16.2. The van der Waals surface area contributed by atoms with E-state index in [9.17, 15) is 19.2 Å². The zero-order valence-electron chi connectivity index (χ0n) is 46.8. The molecule has 4 N–H and O–H groups in total. The van der Waals surface area contributed by atoms with Gasteiger partial charge in [0.25, 0.3) is 23.6 Å². The van der Waals surface area contributed by atoms with Crippen molar-refractivity contribution in [1.29, 1.82) is 0 Å². The molecule has 0 aromatic heterocycles. The Hall–Kier alpha value is -6.80. The van der Waals surface area contributed by atoms with Gasteiger partial charge in [-0.2, -0.15) is 0 Å². The Balaban J connectivity index is 1.15. The molecule has 0 fully saturated rings. The van der Waals surface area contributed by atoms with Crippen LogP contribution in [-0.2, 0) is 10.8 Å². The predicted octanol–water partition coefficient (Wildman–Crippen LogP) is 16.2. The molecule has 0 spiro atoms. The van der Waals surface area contributed by atoms with E-state index in [4.69, 9.17) is 0 Å². The van der Waals surface area contributed by atoms with Crippen molar-refractivity contribution in [1.82, 2.24) is 10.6 Å². The standard InChI is InChI=1S/C66H82N4O4/c1-15-63(13,16-2)51-30-34-55(43(9)38-51)57-36-32-53(40-45(57)11)67-59(71)47-26-28-48(29-27-47)61(73)70-66(21-7,22-8)65(19-5,20-6)52-31-35-56(44(10)39-52)58-37-33-54(41-46(58)12)68-60(72)49-24-23-25-50(42-49)62(74)69-64(14,17-3)18-4/h23-42H,15-22H2,1-14H3,(H,67,71)(H,68,72)(H,69,74)(H,70,73). The van der Waals surface area contributed by atoms with E-state index in [1.54, 1.807) is 48.5 Å². The van der Waals surface area contributed by atoms with Crippen LogP contribution in [0, 0.1) is 27.7 Å². The summed E-state index contributed by atoms with van der Waals surface area (Å²) in [5, 5.41) is 12.8. The maximum Gasteiger partial charge on any atom is 0.255 e. The molecule has 0 unspecified atom stereocenters. The van der Waals surface area contributed by atoms with Crippen molar-refractivity contribution in [2.45, 2.75) is 170 Å². The third-order valence-electron chi connectivity index (χ3n) is 17.3. The highest BCUT2D eigenvalue weighted by Crippen LogP contribution is 2.47. The monoisotopic (exact) mass is 995 g/mol. The van der Waals surface area contributed by atoms with Gasteiger partial charge in [0.05, 0.1) is 0 Å². The average Bonchev–Trinajstić information content (AvgIpc) is 3.41. The number of aryl methyl sites for hydroxylation is 4. The first-order valence-electron chi connectivity index (χ1n) is 27.1. The second kappa shape index (κ2) is 23.6. The van der Waals surface area contributed by atoms with Crippen LogP contribution in [0.15, 0.2) is 121 Å². The lowest BCUT2D eigenvalue weighted by Crippen LogP contribution is -2.61. The molecule has 0 heterocycles. The van der Waals surface area contributed by atoms with E-state index in [1.165, 1.54) is 22.3 Å². The second-order valence-corrected chi connectivity index (χ2v) is 21.2. The van der Waals surface area contributed by atoms with Gasteiger partial charge in [-0.05, 0) is 214 Å². The van der Waals surface area contributed by atoms with Crippen LogP contribution >= 0.6 is 0 Å². The summed E-state index contributed by atoms with van der Waals surface area (Å²) in [6.07, 6.45) is 6.85.